The topological polar surface area (TPSA) is 26.0 Å². The second-order valence-corrected chi connectivity index (χ2v) is 3.28. The fourth-order valence-corrected chi connectivity index (χ4v) is 1.52. The van der Waals surface area contributed by atoms with Crippen molar-refractivity contribution in [2.24, 2.45) is 11.7 Å². The quantitative estimate of drug-likeness (QED) is 0.494. The molecule has 0 saturated heterocycles. The van der Waals surface area contributed by atoms with Gasteiger partial charge in [0.25, 0.3) is 0 Å². The summed E-state index contributed by atoms with van der Waals surface area (Å²) in [5.41, 5.74) is 5.88. The summed E-state index contributed by atoms with van der Waals surface area (Å²) in [5.74, 6) is 0.771. The van der Waals surface area contributed by atoms with Gasteiger partial charge >= 0.3 is 0 Å². The smallest absolute Gasteiger partial charge is 0.00645 e. The largest absolute Gasteiger partial charge is 0.327 e. The van der Waals surface area contributed by atoms with Crippen molar-refractivity contribution in [3.63, 3.8) is 0 Å². The lowest BCUT2D eigenvalue weighted by atomic mass is 9.98. The first kappa shape index (κ1) is 7.07. The van der Waals surface area contributed by atoms with E-state index in [4.69, 9.17) is 5.73 Å². The first-order chi connectivity index (χ1) is 4.30. The van der Waals surface area contributed by atoms with E-state index in [1.54, 1.807) is 0 Å². The van der Waals surface area contributed by atoms with Crippen molar-refractivity contribution in [3.05, 3.63) is 0 Å². The molecule has 0 heterocycles. The van der Waals surface area contributed by atoms with Gasteiger partial charge in [-0.2, -0.15) is 0 Å². The highest BCUT2D eigenvalue weighted by molar-refractivity contribution is 4.72. The van der Waals surface area contributed by atoms with Crippen molar-refractivity contribution < 1.29 is 0 Å². The lowest BCUT2D eigenvalue weighted by Gasteiger charge is -2.14. The molecule has 2 N–H and O–H groups in total. The Labute approximate surface area is 57.6 Å². The Hall–Kier alpha value is -0.0400. The van der Waals surface area contributed by atoms with Crippen LogP contribution in [0.3, 0.4) is 0 Å². The van der Waals surface area contributed by atoms with E-state index < -0.39 is 0 Å². The van der Waals surface area contributed by atoms with Gasteiger partial charge in [-0.05, 0) is 18.8 Å². The van der Waals surface area contributed by atoms with Crippen LogP contribution in [-0.4, -0.2) is 6.04 Å². The van der Waals surface area contributed by atoms with Gasteiger partial charge < -0.3 is 5.73 Å². The molecule has 1 unspecified atom stereocenters. The third-order valence-electron chi connectivity index (χ3n) is 2.43. The summed E-state index contributed by atoms with van der Waals surface area (Å²) in [7, 11) is 0. The van der Waals surface area contributed by atoms with E-state index in [2.05, 4.69) is 6.92 Å². The van der Waals surface area contributed by atoms with Crippen molar-refractivity contribution >= 4 is 0 Å². The number of hydrogen-bond donors (Lipinski definition) is 1. The van der Waals surface area contributed by atoms with Gasteiger partial charge in [0, 0.05) is 6.04 Å². The van der Waals surface area contributed by atoms with Gasteiger partial charge in [0.2, 0.25) is 0 Å². The zero-order chi connectivity index (χ0) is 6.69. The number of nitrogens with two attached hydrogens (primary N) is 1. The molecule has 1 rings (SSSR count). The summed E-state index contributed by atoms with van der Waals surface area (Å²) < 4.78 is 0. The fraction of sp³-hybridized carbons (Fsp3) is 1.00. The van der Waals surface area contributed by atoms with Gasteiger partial charge in [0.15, 0.2) is 0 Å². The maximum Gasteiger partial charge on any atom is 0.00645 e. The third-order valence-corrected chi connectivity index (χ3v) is 2.43. The Kier molecular flexibility index (Phi) is 2.52. The van der Waals surface area contributed by atoms with Gasteiger partial charge in [-0.1, -0.05) is 26.2 Å². The SMILES string of the molecule is C[C@@H]1CCCCCC1N. The summed E-state index contributed by atoms with van der Waals surface area (Å²) in [4.78, 5) is 0. The zero-order valence-corrected chi connectivity index (χ0v) is 6.27. The molecule has 0 spiro atoms. The van der Waals surface area contributed by atoms with Crippen LogP contribution in [0.2, 0.25) is 0 Å². The molecule has 0 aromatic heterocycles. The highest BCUT2D eigenvalue weighted by atomic mass is 14.6. The van der Waals surface area contributed by atoms with Gasteiger partial charge in [-0.3, -0.25) is 0 Å². The van der Waals surface area contributed by atoms with Crippen molar-refractivity contribution in [1.82, 2.24) is 0 Å². The molecule has 0 bridgehead atoms. The fourth-order valence-electron chi connectivity index (χ4n) is 1.52. The highest BCUT2D eigenvalue weighted by Gasteiger charge is 2.14. The molecule has 1 aliphatic rings. The van der Waals surface area contributed by atoms with Crippen LogP contribution in [0.1, 0.15) is 39.0 Å². The van der Waals surface area contributed by atoms with Crippen LogP contribution < -0.4 is 5.73 Å². The second kappa shape index (κ2) is 3.21. The van der Waals surface area contributed by atoms with Crippen LogP contribution in [0.4, 0.5) is 0 Å². The van der Waals surface area contributed by atoms with Crippen LogP contribution in [0, 0.1) is 5.92 Å². The molecule has 2 atom stereocenters. The van der Waals surface area contributed by atoms with E-state index in [9.17, 15) is 0 Å². The molecule has 0 radical (unpaired) electrons. The molecule has 54 valence electrons. The molecule has 1 fully saturated rings. The molecule has 0 amide bonds. The normalized spacial score (nSPS) is 38.0. The molecule has 0 aromatic carbocycles. The van der Waals surface area contributed by atoms with E-state index in [0.29, 0.717) is 6.04 Å². The lowest BCUT2D eigenvalue weighted by Crippen LogP contribution is -2.26. The van der Waals surface area contributed by atoms with Crippen molar-refractivity contribution in [2.45, 2.75) is 45.1 Å². The summed E-state index contributed by atoms with van der Waals surface area (Å²) >= 11 is 0. The Morgan fingerprint density at radius 1 is 1.11 bits per heavy atom. The average molecular weight is 127 g/mol. The molecular formula is C8H17N. The minimum Gasteiger partial charge on any atom is -0.327 e. The van der Waals surface area contributed by atoms with Crippen LogP contribution in [0.15, 0.2) is 0 Å². The van der Waals surface area contributed by atoms with E-state index >= 15 is 0 Å². The molecule has 0 aromatic rings. The molecule has 1 heteroatoms. The minimum atomic E-state index is 0.493. The monoisotopic (exact) mass is 127 g/mol. The van der Waals surface area contributed by atoms with E-state index in [1.807, 2.05) is 0 Å². The molecule has 0 aliphatic heterocycles. The third kappa shape index (κ3) is 1.98. The van der Waals surface area contributed by atoms with Crippen LogP contribution in [0.5, 0.6) is 0 Å². The molecule has 1 aliphatic carbocycles. The molecule has 1 nitrogen and oxygen atoms in total. The maximum atomic E-state index is 5.88. The predicted octanol–water partition coefficient (Wildman–Crippen LogP) is 1.91. The Morgan fingerprint density at radius 3 is 2.56 bits per heavy atom. The van der Waals surface area contributed by atoms with Crippen molar-refractivity contribution in [2.75, 3.05) is 0 Å². The summed E-state index contributed by atoms with van der Waals surface area (Å²) in [5, 5.41) is 0. The predicted molar refractivity (Wildman–Crippen MR) is 40.2 cm³/mol. The van der Waals surface area contributed by atoms with Crippen molar-refractivity contribution in [3.8, 4) is 0 Å². The first-order valence-electron chi connectivity index (χ1n) is 4.06. The minimum absolute atomic E-state index is 0.493. The van der Waals surface area contributed by atoms with E-state index in [-0.39, 0.29) is 0 Å². The maximum absolute atomic E-state index is 5.88. The highest BCUT2D eigenvalue weighted by Crippen LogP contribution is 2.20. The molecular weight excluding hydrogens is 110 g/mol. The average Bonchev–Trinajstić information content (AvgIpc) is 1.99. The Balaban J connectivity index is 2.32. The lowest BCUT2D eigenvalue weighted by molar-refractivity contribution is 0.432. The van der Waals surface area contributed by atoms with Crippen molar-refractivity contribution in [1.29, 1.82) is 0 Å². The first-order valence-corrected chi connectivity index (χ1v) is 4.06. The molecule has 1 saturated carbocycles. The summed E-state index contributed by atoms with van der Waals surface area (Å²) in [6, 6.07) is 0.493. The summed E-state index contributed by atoms with van der Waals surface area (Å²) in [6.45, 7) is 2.27. The van der Waals surface area contributed by atoms with E-state index in [1.165, 1.54) is 32.1 Å². The van der Waals surface area contributed by atoms with Gasteiger partial charge in [-0.25, -0.2) is 0 Å². The van der Waals surface area contributed by atoms with Gasteiger partial charge in [0.05, 0.1) is 0 Å². The Bertz CT molecular complexity index is 70.6. The Morgan fingerprint density at radius 2 is 1.78 bits per heavy atom. The second-order valence-electron chi connectivity index (χ2n) is 3.28. The molecule has 9 heavy (non-hydrogen) atoms. The standard InChI is InChI=1S/C8H17N/c1-7-5-3-2-4-6-8(7)9/h7-8H,2-6,9H2,1H3/t7-,8?/m1/s1. The summed E-state index contributed by atoms with van der Waals surface area (Å²) in [6.07, 6.45) is 6.75. The number of hydrogen-bond acceptors (Lipinski definition) is 1. The number of rotatable bonds is 0. The zero-order valence-electron chi connectivity index (χ0n) is 6.27. The van der Waals surface area contributed by atoms with Crippen LogP contribution in [-0.2, 0) is 0 Å². The van der Waals surface area contributed by atoms with Crippen LogP contribution in [0.25, 0.3) is 0 Å². The van der Waals surface area contributed by atoms with Gasteiger partial charge in [0.1, 0.15) is 0 Å². The van der Waals surface area contributed by atoms with E-state index in [0.717, 1.165) is 5.92 Å². The van der Waals surface area contributed by atoms with Gasteiger partial charge in [-0.15, -0.1) is 0 Å². The van der Waals surface area contributed by atoms with Crippen LogP contribution >= 0.6 is 0 Å².